The Morgan fingerprint density at radius 3 is 2.48 bits per heavy atom. The molecule has 2 rings (SSSR count). The molecule has 1 aliphatic heterocycles. The van der Waals surface area contributed by atoms with Crippen molar-refractivity contribution in [3.63, 3.8) is 0 Å². The number of carbonyl (C=O) groups excluding carboxylic acids is 1. The van der Waals surface area contributed by atoms with Gasteiger partial charge in [-0.15, -0.1) is 0 Å². The van der Waals surface area contributed by atoms with E-state index in [9.17, 15) is 4.79 Å². The summed E-state index contributed by atoms with van der Waals surface area (Å²) in [7, 11) is 0. The lowest BCUT2D eigenvalue weighted by Gasteiger charge is -2.32. The number of nitrogens with two attached hydrogens (primary N) is 1. The third-order valence-electron chi connectivity index (χ3n) is 5.24. The highest BCUT2D eigenvalue weighted by Gasteiger charge is 2.27. The molecule has 5 nitrogen and oxygen atoms in total. The summed E-state index contributed by atoms with van der Waals surface area (Å²) in [6.45, 7) is 8.93. The van der Waals surface area contributed by atoms with Gasteiger partial charge >= 0.3 is 0 Å². The highest BCUT2D eigenvalue weighted by Crippen LogP contribution is 2.21. The van der Waals surface area contributed by atoms with Crippen LogP contribution in [-0.2, 0) is 0 Å². The fraction of sp³-hybridized carbons (Fsp3) is 0.667. The van der Waals surface area contributed by atoms with Gasteiger partial charge in [-0.2, -0.15) is 0 Å². The molecule has 0 unspecified atom stereocenters. The molecule has 0 radical (unpaired) electrons. The molecule has 3 N–H and O–H groups in total. The van der Waals surface area contributed by atoms with Gasteiger partial charge in [-0.3, -0.25) is 4.79 Å². The predicted octanol–water partition coefficient (Wildman–Crippen LogP) is 2.57. The predicted molar refractivity (Wildman–Crippen MR) is 94.7 cm³/mol. The van der Waals surface area contributed by atoms with E-state index in [4.69, 9.17) is 5.73 Å². The number of pyridine rings is 1. The Kier molecular flexibility index (Phi) is 5.99. The molecule has 1 aliphatic rings. The maximum absolute atomic E-state index is 12.4. The van der Waals surface area contributed by atoms with Crippen LogP contribution < -0.4 is 16.0 Å². The van der Waals surface area contributed by atoms with Gasteiger partial charge in [-0.25, -0.2) is 4.98 Å². The van der Waals surface area contributed by atoms with Gasteiger partial charge in [-0.1, -0.05) is 20.8 Å². The van der Waals surface area contributed by atoms with Gasteiger partial charge in [0, 0.05) is 25.8 Å². The monoisotopic (exact) mass is 318 g/mol. The summed E-state index contributed by atoms with van der Waals surface area (Å²) >= 11 is 0. The van der Waals surface area contributed by atoms with E-state index in [-0.39, 0.29) is 11.4 Å². The second-order valence-electron chi connectivity index (χ2n) is 6.72. The fourth-order valence-corrected chi connectivity index (χ4v) is 3.02. The van der Waals surface area contributed by atoms with E-state index in [1.54, 1.807) is 6.20 Å². The third-order valence-corrected chi connectivity index (χ3v) is 5.24. The average Bonchev–Trinajstić information content (AvgIpc) is 2.60. The normalized spacial score (nSPS) is 16.4. The van der Waals surface area contributed by atoms with Crippen molar-refractivity contribution >= 4 is 11.7 Å². The molecule has 0 aliphatic carbocycles. The Balaban J connectivity index is 2.02. The molecular weight excluding hydrogens is 288 g/mol. The van der Waals surface area contributed by atoms with Crippen molar-refractivity contribution in [2.45, 2.75) is 52.0 Å². The van der Waals surface area contributed by atoms with Crippen LogP contribution in [0.15, 0.2) is 18.3 Å². The number of anilines is 1. The summed E-state index contributed by atoms with van der Waals surface area (Å²) in [6, 6.07) is 3.81. The highest BCUT2D eigenvalue weighted by molar-refractivity contribution is 5.94. The van der Waals surface area contributed by atoms with Crippen molar-refractivity contribution in [1.82, 2.24) is 10.3 Å². The number of piperidine rings is 1. The zero-order valence-electron chi connectivity index (χ0n) is 14.6. The number of aromatic nitrogens is 1. The van der Waals surface area contributed by atoms with Crippen LogP contribution in [-0.4, -0.2) is 36.1 Å². The Morgan fingerprint density at radius 1 is 1.35 bits per heavy atom. The smallest absolute Gasteiger partial charge is 0.253 e. The largest absolute Gasteiger partial charge is 0.357 e. The van der Waals surface area contributed by atoms with Crippen LogP contribution >= 0.6 is 0 Å². The first kappa shape index (κ1) is 17.7. The van der Waals surface area contributed by atoms with Crippen LogP contribution in [0.3, 0.4) is 0 Å². The van der Waals surface area contributed by atoms with Crippen LogP contribution in [0.4, 0.5) is 5.82 Å². The van der Waals surface area contributed by atoms with E-state index in [1.807, 2.05) is 12.1 Å². The topological polar surface area (TPSA) is 71.2 Å². The molecule has 0 saturated carbocycles. The molecule has 0 bridgehead atoms. The van der Waals surface area contributed by atoms with E-state index in [0.717, 1.165) is 37.7 Å². The van der Waals surface area contributed by atoms with Gasteiger partial charge in [0.1, 0.15) is 5.82 Å². The van der Waals surface area contributed by atoms with Crippen molar-refractivity contribution in [2.24, 2.45) is 11.7 Å². The maximum atomic E-state index is 12.4. The van der Waals surface area contributed by atoms with Gasteiger partial charge in [0.25, 0.3) is 5.91 Å². The molecule has 0 atom stereocenters. The summed E-state index contributed by atoms with van der Waals surface area (Å²) in [5.41, 5.74) is 6.13. The van der Waals surface area contributed by atoms with E-state index in [0.29, 0.717) is 12.1 Å². The Labute approximate surface area is 139 Å². The van der Waals surface area contributed by atoms with Gasteiger partial charge in [0.05, 0.1) is 11.1 Å². The minimum absolute atomic E-state index is 0.0922. The van der Waals surface area contributed by atoms with Crippen molar-refractivity contribution in [3.05, 3.63) is 23.9 Å². The second-order valence-corrected chi connectivity index (χ2v) is 6.72. The molecule has 1 saturated heterocycles. The first-order valence-electron chi connectivity index (χ1n) is 8.77. The van der Waals surface area contributed by atoms with Crippen LogP contribution in [0.25, 0.3) is 0 Å². The Bertz CT molecular complexity index is 494. The number of hydrogen-bond donors (Lipinski definition) is 2. The van der Waals surface area contributed by atoms with E-state index in [2.05, 4.69) is 36.0 Å². The molecule has 1 aromatic rings. The van der Waals surface area contributed by atoms with Crippen LogP contribution in [0.2, 0.25) is 0 Å². The van der Waals surface area contributed by atoms with E-state index < -0.39 is 0 Å². The lowest BCUT2D eigenvalue weighted by atomic mass is 9.92. The molecule has 5 heteroatoms. The Hall–Kier alpha value is -1.62. The zero-order chi connectivity index (χ0) is 16.9. The number of nitrogens with zero attached hydrogens (tertiary/aromatic N) is 2. The number of rotatable bonds is 6. The summed E-state index contributed by atoms with van der Waals surface area (Å²) in [4.78, 5) is 19.2. The van der Waals surface area contributed by atoms with Gasteiger partial charge in [0.2, 0.25) is 0 Å². The molecule has 2 heterocycles. The Morgan fingerprint density at radius 2 is 2.00 bits per heavy atom. The summed E-state index contributed by atoms with van der Waals surface area (Å²) in [6.07, 6.45) is 5.73. The number of hydrogen-bond acceptors (Lipinski definition) is 4. The minimum Gasteiger partial charge on any atom is -0.357 e. The standard InChI is InChI=1S/C18H30N4O/c1-4-18(5-2,13-19)21-17(23)15-6-7-16(20-12-15)22-10-8-14(3)9-11-22/h6-7,12,14H,4-5,8-11,13,19H2,1-3H3,(H,21,23). The van der Waals surface area contributed by atoms with Crippen LogP contribution in [0.5, 0.6) is 0 Å². The number of carbonyl (C=O) groups is 1. The highest BCUT2D eigenvalue weighted by atomic mass is 16.1. The first-order valence-corrected chi connectivity index (χ1v) is 8.77. The maximum Gasteiger partial charge on any atom is 0.253 e. The van der Waals surface area contributed by atoms with Crippen LogP contribution in [0, 0.1) is 5.92 Å². The molecule has 1 fully saturated rings. The quantitative estimate of drug-likeness (QED) is 0.845. The van der Waals surface area contributed by atoms with Crippen LogP contribution in [0.1, 0.15) is 56.8 Å². The van der Waals surface area contributed by atoms with E-state index in [1.165, 1.54) is 12.8 Å². The lowest BCUT2D eigenvalue weighted by molar-refractivity contribution is 0.0895. The fourth-order valence-electron chi connectivity index (χ4n) is 3.02. The molecule has 1 aromatic heterocycles. The summed E-state index contributed by atoms with van der Waals surface area (Å²) < 4.78 is 0. The molecule has 23 heavy (non-hydrogen) atoms. The second kappa shape index (κ2) is 7.77. The average molecular weight is 318 g/mol. The summed E-state index contributed by atoms with van der Waals surface area (Å²) in [5.74, 6) is 1.67. The molecule has 128 valence electrons. The number of nitrogens with one attached hydrogen (secondary N) is 1. The third kappa shape index (κ3) is 4.22. The SMILES string of the molecule is CCC(CC)(CN)NC(=O)c1ccc(N2CCC(C)CC2)nc1. The summed E-state index contributed by atoms with van der Waals surface area (Å²) in [5, 5.41) is 3.08. The molecule has 1 amide bonds. The zero-order valence-corrected chi connectivity index (χ0v) is 14.6. The minimum atomic E-state index is -0.321. The van der Waals surface area contributed by atoms with Crippen molar-refractivity contribution in [3.8, 4) is 0 Å². The van der Waals surface area contributed by atoms with Gasteiger partial charge in [-0.05, 0) is 43.7 Å². The van der Waals surface area contributed by atoms with Gasteiger partial charge in [0.15, 0.2) is 0 Å². The van der Waals surface area contributed by atoms with Crippen molar-refractivity contribution in [2.75, 3.05) is 24.5 Å². The van der Waals surface area contributed by atoms with Crippen molar-refractivity contribution in [1.29, 1.82) is 0 Å². The van der Waals surface area contributed by atoms with Crippen molar-refractivity contribution < 1.29 is 4.79 Å². The first-order chi connectivity index (χ1) is 11.0. The molecular formula is C18H30N4O. The van der Waals surface area contributed by atoms with E-state index >= 15 is 0 Å². The molecule has 0 spiro atoms. The lowest BCUT2D eigenvalue weighted by Crippen LogP contribution is -2.52. The van der Waals surface area contributed by atoms with Gasteiger partial charge < -0.3 is 16.0 Å². The number of amides is 1. The molecule has 0 aromatic carbocycles.